The van der Waals surface area contributed by atoms with E-state index >= 15 is 0 Å². The third kappa shape index (κ3) is 2.81. The van der Waals surface area contributed by atoms with E-state index in [2.05, 4.69) is 13.8 Å². The molecule has 4 heteroatoms. The first-order chi connectivity index (χ1) is 8.10. The molecule has 2 aliphatic heterocycles. The number of methoxy groups -OCH3 is 1. The minimum absolute atomic E-state index is 0.0927. The van der Waals surface area contributed by atoms with Crippen molar-refractivity contribution in [3.63, 3.8) is 0 Å². The lowest BCUT2D eigenvalue weighted by Crippen LogP contribution is -2.54. The first-order valence-electron chi connectivity index (χ1n) is 6.64. The largest absolute Gasteiger partial charge is 0.379 e. The van der Waals surface area contributed by atoms with E-state index in [9.17, 15) is 0 Å². The molecule has 0 aromatic heterocycles. The van der Waals surface area contributed by atoms with Crippen LogP contribution < -0.4 is 0 Å². The molecule has 0 radical (unpaired) electrons. The van der Waals surface area contributed by atoms with Gasteiger partial charge in [-0.1, -0.05) is 13.8 Å². The zero-order chi connectivity index (χ0) is 12.5. The Morgan fingerprint density at radius 3 is 2.59 bits per heavy atom. The van der Waals surface area contributed by atoms with Gasteiger partial charge in [0.1, 0.15) is 0 Å². The Labute approximate surface area is 104 Å². The van der Waals surface area contributed by atoms with Gasteiger partial charge >= 0.3 is 0 Å². The molecule has 2 rings (SSSR count). The first-order valence-corrected chi connectivity index (χ1v) is 6.64. The Morgan fingerprint density at radius 2 is 2.06 bits per heavy atom. The second kappa shape index (κ2) is 5.22. The number of hydrogen-bond donors (Lipinski definition) is 0. The standard InChI is InChI=1S/C13H24O4/c1-5-10(14-4)11-7-9-8-12(15-11)17-13(3,6-2)16-9/h9-12H,5-8H2,1-4H3/t9-,10+,11+,12-,13?/m1/s1. The van der Waals surface area contributed by atoms with Crippen LogP contribution in [-0.4, -0.2) is 37.5 Å². The molecule has 0 spiro atoms. The molecule has 2 fully saturated rings. The topological polar surface area (TPSA) is 36.9 Å². The van der Waals surface area contributed by atoms with Crippen LogP contribution in [0.15, 0.2) is 0 Å². The van der Waals surface area contributed by atoms with Gasteiger partial charge in [0, 0.05) is 20.0 Å². The summed E-state index contributed by atoms with van der Waals surface area (Å²) in [4.78, 5) is 0. The molecular weight excluding hydrogens is 220 g/mol. The van der Waals surface area contributed by atoms with E-state index < -0.39 is 5.79 Å². The van der Waals surface area contributed by atoms with Crippen molar-refractivity contribution in [2.45, 2.75) is 76.8 Å². The lowest BCUT2D eigenvalue weighted by atomic mass is 9.97. The predicted molar refractivity (Wildman–Crippen MR) is 63.6 cm³/mol. The zero-order valence-corrected chi connectivity index (χ0v) is 11.3. The average molecular weight is 244 g/mol. The molecule has 0 aromatic carbocycles. The minimum atomic E-state index is -0.479. The highest BCUT2D eigenvalue weighted by molar-refractivity contribution is 4.85. The van der Waals surface area contributed by atoms with E-state index in [4.69, 9.17) is 18.9 Å². The second-order valence-electron chi connectivity index (χ2n) is 5.10. The van der Waals surface area contributed by atoms with Crippen molar-refractivity contribution in [2.75, 3.05) is 7.11 Å². The maximum Gasteiger partial charge on any atom is 0.168 e. The van der Waals surface area contributed by atoms with Crippen molar-refractivity contribution >= 4 is 0 Å². The molecule has 17 heavy (non-hydrogen) atoms. The molecule has 0 aromatic rings. The van der Waals surface area contributed by atoms with Gasteiger partial charge in [-0.05, 0) is 19.8 Å². The first kappa shape index (κ1) is 13.3. The van der Waals surface area contributed by atoms with Crippen LogP contribution in [0.2, 0.25) is 0 Å². The summed E-state index contributed by atoms with van der Waals surface area (Å²) < 4.78 is 23.3. The maximum absolute atomic E-state index is 6.01. The summed E-state index contributed by atoms with van der Waals surface area (Å²) in [6.45, 7) is 6.17. The summed E-state index contributed by atoms with van der Waals surface area (Å²) in [5.74, 6) is -0.479. The molecule has 5 atom stereocenters. The maximum atomic E-state index is 6.01. The van der Waals surface area contributed by atoms with E-state index in [0.29, 0.717) is 0 Å². The van der Waals surface area contributed by atoms with E-state index in [-0.39, 0.29) is 24.6 Å². The number of hydrogen-bond acceptors (Lipinski definition) is 4. The van der Waals surface area contributed by atoms with E-state index in [0.717, 1.165) is 25.7 Å². The Morgan fingerprint density at radius 1 is 1.29 bits per heavy atom. The fourth-order valence-electron chi connectivity index (χ4n) is 2.69. The fourth-order valence-corrected chi connectivity index (χ4v) is 2.69. The van der Waals surface area contributed by atoms with Crippen LogP contribution in [0.1, 0.15) is 46.5 Å². The Balaban J connectivity index is 2.00. The van der Waals surface area contributed by atoms with Crippen molar-refractivity contribution in [1.82, 2.24) is 0 Å². The molecule has 0 amide bonds. The third-order valence-corrected chi connectivity index (χ3v) is 3.84. The van der Waals surface area contributed by atoms with Crippen LogP contribution in [0.4, 0.5) is 0 Å². The van der Waals surface area contributed by atoms with Crippen LogP contribution in [0.5, 0.6) is 0 Å². The minimum Gasteiger partial charge on any atom is -0.379 e. The van der Waals surface area contributed by atoms with Gasteiger partial charge in [0.2, 0.25) is 0 Å². The average Bonchev–Trinajstić information content (AvgIpc) is 2.29. The van der Waals surface area contributed by atoms with Gasteiger partial charge in [0.25, 0.3) is 0 Å². The van der Waals surface area contributed by atoms with Crippen molar-refractivity contribution in [2.24, 2.45) is 0 Å². The highest BCUT2D eigenvalue weighted by Crippen LogP contribution is 2.37. The number of rotatable bonds is 4. The van der Waals surface area contributed by atoms with Crippen molar-refractivity contribution in [3.8, 4) is 0 Å². The lowest BCUT2D eigenvalue weighted by molar-refractivity contribution is -0.393. The third-order valence-electron chi connectivity index (χ3n) is 3.84. The smallest absolute Gasteiger partial charge is 0.168 e. The van der Waals surface area contributed by atoms with Gasteiger partial charge < -0.3 is 18.9 Å². The predicted octanol–water partition coefficient (Wildman–Crippen LogP) is 2.46. The van der Waals surface area contributed by atoms with Crippen LogP contribution >= 0.6 is 0 Å². The SMILES string of the molecule is CC[C@H](OC)[C@@H]1C[C@@H]2C[C@H](O1)OC(C)(CC)O2. The molecule has 2 saturated heterocycles. The molecule has 2 bridgehead atoms. The molecule has 2 heterocycles. The molecule has 4 nitrogen and oxygen atoms in total. The normalized spacial score (nSPS) is 43.4. The molecule has 0 aliphatic carbocycles. The molecule has 0 saturated carbocycles. The molecule has 2 aliphatic rings. The van der Waals surface area contributed by atoms with E-state index in [1.54, 1.807) is 7.11 Å². The van der Waals surface area contributed by atoms with E-state index in [1.165, 1.54) is 0 Å². The molecule has 100 valence electrons. The number of fused-ring (bicyclic) bond motifs is 2. The lowest BCUT2D eigenvalue weighted by Gasteiger charge is -2.48. The molecule has 0 N–H and O–H groups in total. The van der Waals surface area contributed by atoms with Crippen molar-refractivity contribution in [3.05, 3.63) is 0 Å². The van der Waals surface area contributed by atoms with Crippen LogP contribution in [0, 0.1) is 0 Å². The molecule has 1 unspecified atom stereocenters. The number of ether oxygens (including phenoxy) is 4. The quantitative estimate of drug-likeness (QED) is 0.761. The summed E-state index contributed by atoms with van der Waals surface area (Å²) in [6.07, 6.45) is 3.87. The van der Waals surface area contributed by atoms with Crippen molar-refractivity contribution < 1.29 is 18.9 Å². The molecular formula is C13H24O4. The highest BCUT2D eigenvalue weighted by Gasteiger charge is 2.44. The van der Waals surface area contributed by atoms with Gasteiger partial charge in [-0.15, -0.1) is 0 Å². The van der Waals surface area contributed by atoms with Gasteiger partial charge in [0.15, 0.2) is 12.1 Å². The summed E-state index contributed by atoms with van der Waals surface area (Å²) in [5.41, 5.74) is 0. The van der Waals surface area contributed by atoms with Gasteiger partial charge in [0.05, 0.1) is 18.3 Å². The van der Waals surface area contributed by atoms with Gasteiger partial charge in [-0.3, -0.25) is 0 Å². The van der Waals surface area contributed by atoms with Crippen molar-refractivity contribution in [1.29, 1.82) is 0 Å². The highest BCUT2D eigenvalue weighted by atomic mass is 16.8. The summed E-state index contributed by atoms with van der Waals surface area (Å²) in [7, 11) is 1.74. The van der Waals surface area contributed by atoms with Crippen LogP contribution in [0.3, 0.4) is 0 Å². The fraction of sp³-hybridized carbons (Fsp3) is 1.00. The zero-order valence-electron chi connectivity index (χ0n) is 11.3. The summed E-state index contributed by atoms with van der Waals surface area (Å²) >= 11 is 0. The summed E-state index contributed by atoms with van der Waals surface area (Å²) in [5, 5.41) is 0. The Hall–Kier alpha value is -0.160. The summed E-state index contributed by atoms with van der Waals surface area (Å²) in [6, 6.07) is 0. The van der Waals surface area contributed by atoms with Crippen LogP contribution in [0.25, 0.3) is 0 Å². The second-order valence-corrected chi connectivity index (χ2v) is 5.10. The van der Waals surface area contributed by atoms with Gasteiger partial charge in [-0.2, -0.15) is 0 Å². The Kier molecular flexibility index (Phi) is 4.08. The van der Waals surface area contributed by atoms with Crippen LogP contribution in [-0.2, 0) is 18.9 Å². The Bertz CT molecular complexity index is 238. The van der Waals surface area contributed by atoms with E-state index in [1.807, 2.05) is 6.92 Å². The monoisotopic (exact) mass is 244 g/mol. The van der Waals surface area contributed by atoms with Gasteiger partial charge in [-0.25, -0.2) is 0 Å².